The molecule has 0 unspecified atom stereocenters. The predicted octanol–water partition coefficient (Wildman–Crippen LogP) is 6.84. The van der Waals surface area contributed by atoms with Gasteiger partial charge in [0, 0.05) is 16.2 Å². The van der Waals surface area contributed by atoms with E-state index in [9.17, 15) is 4.79 Å². The smallest absolute Gasteiger partial charge is 0.235 e. The van der Waals surface area contributed by atoms with Crippen LogP contribution in [0, 0.1) is 20.8 Å². The van der Waals surface area contributed by atoms with Gasteiger partial charge in [-0.3, -0.25) is 4.79 Å². The van der Waals surface area contributed by atoms with E-state index >= 15 is 0 Å². The number of ether oxygens (including phenoxy) is 1. The molecule has 29 heavy (non-hydrogen) atoms. The number of benzene rings is 2. The molecule has 0 bridgehead atoms. The quantitative estimate of drug-likeness (QED) is 0.314. The van der Waals surface area contributed by atoms with Gasteiger partial charge in [0.2, 0.25) is 11.2 Å². The topological polar surface area (TPSA) is 52.3 Å². The van der Waals surface area contributed by atoms with Gasteiger partial charge in [-0.2, -0.15) is 0 Å². The summed E-state index contributed by atoms with van der Waals surface area (Å²) in [7, 11) is 0. The Morgan fingerprint density at radius 1 is 1.17 bits per heavy atom. The molecule has 148 valence electrons. The number of rotatable bonds is 4. The number of fused-ring (bicyclic) bond motifs is 1. The van der Waals surface area contributed by atoms with Gasteiger partial charge in [0.1, 0.15) is 12.2 Å². The average molecular weight is 491 g/mol. The Morgan fingerprint density at radius 3 is 2.55 bits per heavy atom. The molecule has 0 fully saturated rings. The zero-order valence-electron chi connectivity index (χ0n) is 16.0. The van der Waals surface area contributed by atoms with Crippen LogP contribution >= 0.6 is 38.9 Å². The van der Waals surface area contributed by atoms with Crippen LogP contribution in [0.5, 0.6) is 5.75 Å². The molecule has 0 aliphatic rings. The molecule has 2 aromatic heterocycles. The van der Waals surface area contributed by atoms with E-state index in [4.69, 9.17) is 20.8 Å². The Labute approximate surface area is 185 Å². The SMILES string of the molecule is Cc1cc(C)c(-c2oc3cc(Br)ccc3c(=O)c2OCc2cnc(Cl)s2)c(C)c1. The summed E-state index contributed by atoms with van der Waals surface area (Å²) in [4.78, 5) is 18.2. The molecule has 4 aromatic rings. The fourth-order valence-corrected chi connectivity index (χ4v) is 4.71. The number of aryl methyl sites for hydroxylation is 3. The van der Waals surface area contributed by atoms with Crippen molar-refractivity contribution in [3.8, 4) is 17.1 Å². The third-order valence-electron chi connectivity index (χ3n) is 4.60. The van der Waals surface area contributed by atoms with E-state index in [-0.39, 0.29) is 17.8 Å². The van der Waals surface area contributed by atoms with E-state index in [0.29, 0.717) is 21.2 Å². The molecule has 0 aliphatic carbocycles. The zero-order chi connectivity index (χ0) is 20.7. The van der Waals surface area contributed by atoms with Gasteiger partial charge < -0.3 is 9.15 Å². The second-order valence-corrected chi connectivity index (χ2v) is 9.48. The number of halogens is 2. The van der Waals surface area contributed by atoms with Crippen molar-refractivity contribution in [1.82, 2.24) is 4.98 Å². The molecule has 0 amide bonds. The Kier molecular flexibility index (Phi) is 5.51. The molecule has 0 saturated carbocycles. The molecule has 0 atom stereocenters. The van der Waals surface area contributed by atoms with Crippen molar-refractivity contribution >= 4 is 49.8 Å². The Hall–Kier alpha value is -2.15. The van der Waals surface area contributed by atoms with E-state index in [1.807, 2.05) is 26.8 Å². The van der Waals surface area contributed by atoms with Gasteiger partial charge in [-0.05, 0) is 50.1 Å². The summed E-state index contributed by atoms with van der Waals surface area (Å²) in [5, 5.41) is 0.469. The summed E-state index contributed by atoms with van der Waals surface area (Å²) >= 11 is 10.7. The molecule has 4 rings (SSSR count). The fraction of sp³-hybridized carbons (Fsp3) is 0.182. The highest BCUT2D eigenvalue weighted by molar-refractivity contribution is 9.10. The van der Waals surface area contributed by atoms with Gasteiger partial charge in [0.05, 0.1) is 10.3 Å². The molecule has 0 radical (unpaired) electrons. The highest BCUT2D eigenvalue weighted by Gasteiger charge is 2.21. The van der Waals surface area contributed by atoms with Crippen LogP contribution in [-0.2, 0) is 6.61 Å². The summed E-state index contributed by atoms with van der Waals surface area (Å²) in [6, 6.07) is 9.49. The van der Waals surface area contributed by atoms with Gasteiger partial charge in [-0.25, -0.2) is 4.98 Å². The molecular weight excluding hydrogens is 474 g/mol. The number of aromatic nitrogens is 1. The van der Waals surface area contributed by atoms with Crippen LogP contribution in [0.4, 0.5) is 0 Å². The Balaban J connectivity index is 1.94. The molecule has 0 N–H and O–H groups in total. The van der Waals surface area contributed by atoms with E-state index in [2.05, 4.69) is 33.0 Å². The first-order valence-electron chi connectivity index (χ1n) is 8.91. The maximum Gasteiger partial charge on any atom is 0.235 e. The molecule has 2 aromatic carbocycles. The maximum absolute atomic E-state index is 13.3. The van der Waals surface area contributed by atoms with Crippen LogP contribution in [0.15, 0.2) is 50.2 Å². The van der Waals surface area contributed by atoms with Crippen LogP contribution in [0.25, 0.3) is 22.3 Å². The fourth-order valence-electron chi connectivity index (χ4n) is 3.48. The average Bonchev–Trinajstić information content (AvgIpc) is 3.05. The van der Waals surface area contributed by atoms with Gasteiger partial charge in [0.15, 0.2) is 10.2 Å². The number of hydrogen-bond donors (Lipinski definition) is 0. The molecule has 0 aliphatic heterocycles. The van der Waals surface area contributed by atoms with Crippen LogP contribution < -0.4 is 10.2 Å². The third kappa shape index (κ3) is 3.97. The van der Waals surface area contributed by atoms with Gasteiger partial charge >= 0.3 is 0 Å². The van der Waals surface area contributed by atoms with Gasteiger partial charge in [0.25, 0.3) is 0 Å². The van der Waals surface area contributed by atoms with E-state index < -0.39 is 0 Å². The van der Waals surface area contributed by atoms with E-state index in [0.717, 1.165) is 31.6 Å². The maximum atomic E-state index is 13.3. The summed E-state index contributed by atoms with van der Waals surface area (Å²) in [6.45, 7) is 6.25. The highest BCUT2D eigenvalue weighted by Crippen LogP contribution is 2.37. The molecule has 2 heterocycles. The standard InChI is InChI=1S/C22H17BrClNO3S/c1-11-6-12(2)18(13(3)7-11)20-21(27-10-15-9-25-22(24)29-15)19(26)16-5-4-14(23)8-17(16)28-20/h4-9H,10H2,1-3H3. The first-order valence-corrected chi connectivity index (χ1v) is 10.9. The van der Waals surface area contributed by atoms with Crippen molar-refractivity contribution in [2.24, 2.45) is 0 Å². The van der Waals surface area contributed by atoms with Crippen molar-refractivity contribution in [2.45, 2.75) is 27.4 Å². The monoisotopic (exact) mass is 489 g/mol. The molecule has 0 spiro atoms. The van der Waals surface area contributed by atoms with Crippen LogP contribution in [0.1, 0.15) is 21.6 Å². The highest BCUT2D eigenvalue weighted by atomic mass is 79.9. The Bertz CT molecular complexity index is 1270. The lowest BCUT2D eigenvalue weighted by Crippen LogP contribution is -2.10. The number of hydrogen-bond acceptors (Lipinski definition) is 5. The molecular formula is C22H17BrClNO3S. The normalized spacial score (nSPS) is 11.2. The minimum atomic E-state index is -0.205. The summed E-state index contributed by atoms with van der Waals surface area (Å²) in [6.07, 6.45) is 1.65. The molecule has 4 nitrogen and oxygen atoms in total. The summed E-state index contributed by atoms with van der Waals surface area (Å²) < 4.78 is 13.5. The first kappa shape index (κ1) is 20.1. The van der Waals surface area contributed by atoms with Gasteiger partial charge in [-0.15, -0.1) is 11.3 Å². The van der Waals surface area contributed by atoms with Crippen molar-refractivity contribution in [3.63, 3.8) is 0 Å². The largest absolute Gasteiger partial charge is 0.480 e. The zero-order valence-corrected chi connectivity index (χ0v) is 19.2. The summed E-state index contributed by atoms with van der Waals surface area (Å²) in [5.41, 5.74) is 4.36. The van der Waals surface area contributed by atoms with Gasteiger partial charge in [-0.1, -0.05) is 45.2 Å². The predicted molar refractivity (Wildman–Crippen MR) is 121 cm³/mol. The lowest BCUT2D eigenvalue weighted by atomic mass is 9.97. The summed E-state index contributed by atoms with van der Waals surface area (Å²) in [5.74, 6) is 0.630. The third-order valence-corrected chi connectivity index (χ3v) is 6.18. The second-order valence-electron chi connectivity index (χ2n) is 6.87. The molecule has 7 heteroatoms. The van der Waals surface area contributed by atoms with Crippen LogP contribution in [0.3, 0.4) is 0 Å². The van der Waals surface area contributed by atoms with Crippen LogP contribution in [-0.4, -0.2) is 4.98 Å². The first-order chi connectivity index (χ1) is 13.8. The lowest BCUT2D eigenvalue weighted by Gasteiger charge is -2.15. The van der Waals surface area contributed by atoms with Crippen molar-refractivity contribution in [2.75, 3.05) is 0 Å². The van der Waals surface area contributed by atoms with Crippen molar-refractivity contribution in [1.29, 1.82) is 0 Å². The molecule has 0 saturated heterocycles. The van der Waals surface area contributed by atoms with E-state index in [1.54, 1.807) is 18.3 Å². The minimum Gasteiger partial charge on any atom is -0.480 e. The minimum absolute atomic E-state index is 0.189. The lowest BCUT2D eigenvalue weighted by molar-refractivity contribution is 0.301. The second kappa shape index (κ2) is 7.94. The number of nitrogens with zero attached hydrogens (tertiary/aromatic N) is 1. The number of thiazole rings is 1. The van der Waals surface area contributed by atoms with E-state index in [1.165, 1.54) is 11.3 Å². The Morgan fingerprint density at radius 2 is 1.90 bits per heavy atom. The van der Waals surface area contributed by atoms with Crippen molar-refractivity contribution in [3.05, 3.63) is 77.3 Å². The van der Waals surface area contributed by atoms with Crippen LogP contribution in [0.2, 0.25) is 4.47 Å². The van der Waals surface area contributed by atoms with Crippen molar-refractivity contribution < 1.29 is 9.15 Å².